The fourth-order valence-electron chi connectivity index (χ4n) is 3.18. The van der Waals surface area contributed by atoms with Crippen LogP contribution in [-0.4, -0.2) is 38.5 Å². The lowest BCUT2D eigenvalue weighted by molar-refractivity contribution is -0.166. The third-order valence-electron chi connectivity index (χ3n) is 4.81. The zero-order valence-electron chi connectivity index (χ0n) is 11.6. The fraction of sp³-hybridized carbons (Fsp3) is 1.00. The predicted octanol–water partition coefficient (Wildman–Crippen LogP) is 2.20. The molecule has 100 valence electrons. The molecule has 0 aromatic carbocycles. The molecule has 2 fully saturated rings. The second-order valence-corrected chi connectivity index (χ2v) is 5.90. The first kappa shape index (κ1) is 13.3. The van der Waals surface area contributed by atoms with Crippen molar-refractivity contribution in [2.45, 2.75) is 63.9 Å². The molecule has 3 nitrogen and oxygen atoms in total. The predicted molar refractivity (Wildman–Crippen MR) is 69.1 cm³/mol. The van der Waals surface area contributed by atoms with Gasteiger partial charge in [0.15, 0.2) is 0 Å². The van der Waals surface area contributed by atoms with Crippen molar-refractivity contribution >= 4 is 0 Å². The zero-order chi connectivity index (χ0) is 12.4. The molecule has 2 saturated carbocycles. The molecule has 0 heterocycles. The Morgan fingerprint density at radius 2 is 1.82 bits per heavy atom. The van der Waals surface area contributed by atoms with Gasteiger partial charge in [-0.3, -0.25) is 0 Å². The minimum Gasteiger partial charge on any atom is -0.377 e. The van der Waals surface area contributed by atoms with Gasteiger partial charge in [0.2, 0.25) is 0 Å². The summed E-state index contributed by atoms with van der Waals surface area (Å²) in [7, 11) is 3.79. The summed E-state index contributed by atoms with van der Waals surface area (Å²) < 4.78 is 11.7. The first-order valence-electron chi connectivity index (χ1n) is 7.01. The summed E-state index contributed by atoms with van der Waals surface area (Å²) in [6.07, 6.45) is 5.86. The number of rotatable bonds is 4. The third-order valence-corrected chi connectivity index (χ3v) is 4.81. The summed E-state index contributed by atoms with van der Waals surface area (Å²) in [6, 6.07) is 0.477. The standard InChI is InChI=1S/C14H27NO2/c1-9-5-6-11(7-10(9)2)17-13-8-12(15-3)14(13)16-4/h9-15H,5-8H2,1-4H3. The molecule has 0 aromatic rings. The van der Waals surface area contributed by atoms with Crippen LogP contribution in [0.1, 0.15) is 39.5 Å². The molecule has 0 saturated heterocycles. The van der Waals surface area contributed by atoms with E-state index in [9.17, 15) is 0 Å². The van der Waals surface area contributed by atoms with Gasteiger partial charge in [0.05, 0.1) is 18.3 Å². The Morgan fingerprint density at radius 1 is 1.06 bits per heavy atom. The summed E-state index contributed by atoms with van der Waals surface area (Å²) in [5, 5.41) is 3.28. The highest BCUT2D eigenvalue weighted by Gasteiger charge is 2.43. The van der Waals surface area contributed by atoms with Crippen molar-refractivity contribution in [2.24, 2.45) is 11.8 Å². The summed E-state index contributed by atoms with van der Waals surface area (Å²) in [4.78, 5) is 0. The van der Waals surface area contributed by atoms with Crippen LogP contribution in [0.15, 0.2) is 0 Å². The maximum Gasteiger partial charge on any atom is 0.0986 e. The van der Waals surface area contributed by atoms with Gasteiger partial charge in [-0.1, -0.05) is 13.8 Å². The van der Waals surface area contributed by atoms with E-state index < -0.39 is 0 Å². The molecule has 0 bridgehead atoms. The average molecular weight is 241 g/mol. The molecule has 0 spiro atoms. The van der Waals surface area contributed by atoms with Gasteiger partial charge >= 0.3 is 0 Å². The van der Waals surface area contributed by atoms with Crippen LogP contribution in [0.25, 0.3) is 0 Å². The van der Waals surface area contributed by atoms with Gasteiger partial charge in [-0.05, 0) is 44.6 Å². The molecule has 2 aliphatic rings. The van der Waals surface area contributed by atoms with E-state index in [2.05, 4.69) is 19.2 Å². The second kappa shape index (κ2) is 5.68. The van der Waals surface area contributed by atoms with Crippen molar-refractivity contribution in [3.05, 3.63) is 0 Å². The number of likely N-dealkylation sites (N-methyl/N-ethyl adjacent to an activating group) is 1. The Kier molecular flexibility index (Phi) is 4.45. The fourth-order valence-corrected chi connectivity index (χ4v) is 3.18. The third kappa shape index (κ3) is 2.83. The number of methoxy groups -OCH3 is 1. The van der Waals surface area contributed by atoms with E-state index in [1.807, 2.05) is 7.05 Å². The van der Waals surface area contributed by atoms with E-state index >= 15 is 0 Å². The Hall–Kier alpha value is -0.120. The SMILES string of the molecule is CNC1CC(OC2CCC(C)C(C)C2)C1OC. The quantitative estimate of drug-likeness (QED) is 0.818. The first-order valence-corrected chi connectivity index (χ1v) is 7.01. The van der Waals surface area contributed by atoms with Gasteiger partial charge in [0, 0.05) is 13.2 Å². The summed E-state index contributed by atoms with van der Waals surface area (Å²) in [5.74, 6) is 1.66. The van der Waals surface area contributed by atoms with Crippen LogP contribution >= 0.6 is 0 Å². The Labute approximate surface area is 105 Å². The Bertz CT molecular complexity index is 244. The highest BCUT2D eigenvalue weighted by molar-refractivity contribution is 4.97. The molecule has 17 heavy (non-hydrogen) atoms. The van der Waals surface area contributed by atoms with E-state index in [-0.39, 0.29) is 6.10 Å². The second-order valence-electron chi connectivity index (χ2n) is 5.90. The van der Waals surface area contributed by atoms with Crippen LogP contribution in [-0.2, 0) is 9.47 Å². The number of nitrogens with one attached hydrogen (secondary N) is 1. The molecule has 3 heteroatoms. The smallest absolute Gasteiger partial charge is 0.0986 e. The molecule has 0 radical (unpaired) electrons. The maximum absolute atomic E-state index is 6.22. The van der Waals surface area contributed by atoms with E-state index in [1.165, 1.54) is 19.3 Å². The molecular weight excluding hydrogens is 214 g/mol. The minimum atomic E-state index is 0.245. The van der Waals surface area contributed by atoms with Crippen LogP contribution in [0, 0.1) is 11.8 Å². The van der Waals surface area contributed by atoms with Gasteiger partial charge in [-0.2, -0.15) is 0 Å². The molecule has 0 aliphatic heterocycles. The van der Waals surface area contributed by atoms with Gasteiger partial charge in [0.25, 0.3) is 0 Å². The van der Waals surface area contributed by atoms with Crippen molar-refractivity contribution in [1.82, 2.24) is 5.32 Å². The van der Waals surface area contributed by atoms with Crippen molar-refractivity contribution in [3.63, 3.8) is 0 Å². The Balaban J connectivity index is 1.78. The lowest BCUT2D eigenvalue weighted by atomic mass is 9.79. The van der Waals surface area contributed by atoms with E-state index in [1.54, 1.807) is 7.11 Å². The van der Waals surface area contributed by atoms with E-state index in [0.717, 1.165) is 18.3 Å². The van der Waals surface area contributed by atoms with Gasteiger partial charge in [-0.15, -0.1) is 0 Å². The molecular formula is C14H27NO2. The molecule has 0 aromatic heterocycles. The van der Waals surface area contributed by atoms with Crippen LogP contribution in [0.3, 0.4) is 0 Å². The highest BCUT2D eigenvalue weighted by Crippen LogP contribution is 2.35. The first-order chi connectivity index (χ1) is 8.15. The van der Waals surface area contributed by atoms with Crippen LogP contribution < -0.4 is 5.32 Å². The highest BCUT2D eigenvalue weighted by atomic mass is 16.5. The molecule has 1 N–H and O–H groups in total. The van der Waals surface area contributed by atoms with Gasteiger partial charge < -0.3 is 14.8 Å². The van der Waals surface area contributed by atoms with Gasteiger partial charge in [-0.25, -0.2) is 0 Å². The van der Waals surface area contributed by atoms with Crippen molar-refractivity contribution < 1.29 is 9.47 Å². The monoisotopic (exact) mass is 241 g/mol. The van der Waals surface area contributed by atoms with Crippen LogP contribution in [0.2, 0.25) is 0 Å². The lowest BCUT2D eigenvalue weighted by Crippen LogP contribution is -2.59. The molecule has 6 unspecified atom stereocenters. The number of hydrogen-bond donors (Lipinski definition) is 1. The molecule has 2 rings (SSSR count). The summed E-state index contributed by atoms with van der Waals surface area (Å²) in [5.41, 5.74) is 0. The van der Waals surface area contributed by atoms with Crippen molar-refractivity contribution in [1.29, 1.82) is 0 Å². The molecule has 0 amide bonds. The summed E-state index contributed by atoms with van der Waals surface area (Å²) >= 11 is 0. The number of ether oxygens (including phenoxy) is 2. The van der Waals surface area contributed by atoms with E-state index in [0.29, 0.717) is 18.2 Å². The minimum absolute atomic E-state index is 0.245. The molecule has 6 atom stereocenters. The topological polar surface area (TPSA) is 30.5 Å². The lowest BCUT2D eigenvalue weighted by Gasteiger charge is -2.45. The van der Waals surface area contributed by atoms with Crippen molar-refractivity contribution in [2.75, 3.05) is 14.2 Å². The van der Waals surface area contributed by atoms with Crippen molar-refractivity contribution in [3.8, 4) is 0 Å². The zero-order valence-corrected chi connectivity index (χ0v) is 11.6. The largest absolute Gasteiger partial charge is 0.377 e. The van der Waals surface area contributed by atoms with Crippen LogP contribution in [0.4, 0.5) is 0 Å². The summed E-state index contributed by atoms with van der Waals surface area (Å²) in [6.45, 7) is 4.71. The van der Waals surface area contributed by atoms with E-state index in [4.69, 9.17) is 9.47 Å². The Morgan fingerprint density at radius 3 is 2.41 bits per heavy atom. The molecule has 2 aliphatic carbocycles. The maximum atomic E-state index is 6.22. The number of hydrogen-bond acceptors (Lipinski definition) is 3. The van der Waals surface area contributed by atoms with Gasteiger partial charge in [0.1, 0.15) is 0 Å². The normalized spacial score (nSPS) is 46.6. The van der Waals surface area contributed by atoms with Crippen LogP contribution in [0.5, 0.6) is 0 Å². The average Bonchev–Trinajstić information content (AvgIpc) is 2.29.